The Morgan fingerprint density at radius 1 is 1.05 bits per heavy atom. The van der Waals surface area contributed by atoms with Crippen molar-refractivity contribution in [2.24, 2.45) is 0 Å². The molecule has 0 aromatic heterocycles. The van der Waals surface area contributed by atoms with Gasteiger partial charge in [0.15, 0.2) is 12.5 Å². The summed E-state index contributed by atoms with van der Waals surface area (Å²) < 4.78 is 10.3. The van der Waals surface area contributed by atoms with E-state index in [0.29, 0.717) is 0 Å². The number of esters is 2. The van der Waals surface area contributed by atoms with Crippen LogP contribution in [-0.4, -0.2) is 47.6 Å². The van der Waals surface area contributed by atoms with E-state index in [1.165, 1.54) is 13.8 Å². The lowest BCUT2D eigenvalue weighted by Crippen LogP contribution is -2.46. The van der Waals surface area contributed by atoms with E-state index in [0.717, 1.165) is 0 Å². The van der Waals surface area contributed by atoms with Gasteiger partial charge in [0.25, 0.3) is 0 Å². The SMILES string of the molecule is C=C(C)C(=O)OC(C)N(CCO)C(C)OC(=O)C(=C)C. The summed E-state index contributed by atoms with van der Waals surface area (Å²) in [5.74, 6) is -1.09. The standard InChI is InChI=1S/C14H23NO5/c1-9(2)13(17)19-11(5)15(7-8-16)12(6)20-14(18)10(3)4/h11-12,16H,1,3,7-8H2,2,4-6H3. The van der Waals surface area contributed by atoms with Crippen molar-refractivity contribution in [1.82, 2.24) is 4.90 Å². The molecule has 0 heterocycles. The molecule has 0 aromatic carbocycles. The molecular formula is C14H23NO5. The minimum absolute atomic E-state index is 0.163. The molecule has 0 bridgehead atoms. The third-order valence-corrected chi connectivity index (χ3v) is 2.54. The van der Waals surface area contributed by atoms with E-state index in [1.54, 1.807) is 18.7 Å². The van der Waals surface area contributed by atoms with Crippen molar-refractivity contribution in [1.29, 1.82) is 0 Å². The lowest BCUT2D eigenvalue weighted by Gasteiger charge is -2.32. The number of ether oxygens (including phenoxy) is 2. The average Bonchev–Trinajstić information content (AvgIpc) is 2.34. The summed E-state index contributed by atoms with van der Waals surface area (Å²) in [5.41, 5.74) is 0.541. The van der Waals surface area contributed by atoms with Crippen LogP contribution < -0.4 is 0 Å². The monoisotopic (exact) mass is 285 g/mol. The molecule has 2 unspecified atom stereocenters. The van der Waals surface area contributed by atoms with Crippen molar-refractivity contribution in [3.63, 3.8) is 0 Å². The van der Waals surface area contributed by atoms with Crippen LogP contribution in [0.1, 0.15) is 27.7 Å². The van der Waals surface area contributed by atoms with E-state index >= 15 is 0 Å². The molecule has 0 saturated carbocycles. The van der Waals surface area contributed by atoms with Gasteiger partial charge in [-0.25, -0.2) is 14.5 Å². The molecule has 0 fully saturated rings. The van der Waals surface area contributed by atoms with Gasteiger partial charge in [0.05, 0.1) is 6.61 Å². The first-order valence-corrected chi connectivity index (χ1v) is 6.30. The van der Waals surface area contributed by atoms with Crippen molar-refractivity contribution < 1.29 is 24.2 Å². The fourth-order valence-electron chi connectivity index (χ4n) is 1.42. The Balaban J connectivity index is 4.76. The summed E-state index contributed by atoms with van der Waals surface area (Å²) in [5, 5.41) is 9.06. The van der Waals surface area contributed by atoms with Crippen LogP contribution in [0.3, 0.4) is 0 Å². The second kappa shape index (κ2) is 8.50. The van der Waals surface area contributed by atoms with Crippen molar-refractivity contribution in [3.05, 3.63) is 24.3 Å². The highest BCUT2D eigenvalue weighted by Gasteiger charge is 2.25. The first kappa shape index (κ1) is 18.3. The third kappa shape index (κ3) is 5.99. The first-order valence-electron chi connectivity index (χ1n) is 6.30. The summed E-state index contributed by atoms with van der Waals surface area (Å²) in [6.45, 7) is 13.3. The maximum Gasteiger partial charge on any atom is 0.334 e. The molecule has 0 saturated heterocycles. The smallest absolute Gasteiger partial charge is 0.334 e. The van der Waals surface area contributed by atoms with E-state index < -0.39 is 24.4 Å². The van der Waals surface area contributed by atoms with Gasteiger partial charge >= 0.3 is 11.9 Å². The molecule has 114 valence electrons. The Morgan fingerprint density at radius 3 is 1.65 bits per heavy atom. The fraction of sp³-hybridized carbons (Fsp3) is 0.571. The van der Waals surface area contributed by atoms with Crippen molar-refractivity contribution in [2.75, 3.05) is 13.2 Å². The van der Waals surface area contributed by atoms with Crippen molar-refractivity contribution >= 4 is 11.9 Å². The van der Waals surface area contributed by atoms with E-state index in [2.05, 4.69) is 13.2 Å². The Hall–Kier alpha value is -1.66. The van der Waals surface area contributed by atoms with Crippen LogP contribution >= 0.6 is 0 Å². The van der Waals surface area contributed by atoms with Gasteiger partial charge in [-0.3, -0.25) is 0 Å². The van der Waals surface area contributed by atoms with Crippen LogP contribution in [-0.2, 0) is 19.1 Å². The van der Waals surface area contributed by atoms with Gasteiger partial charge in [-0.05, 0) is 27.7 Å². The van der Waals surface area contributed by atoms with Crippen molar-refractivity contribution in [3.8, 4) is 0 Å². The molecule has 20 heavy (non-hydrogen) atoms. The van der Waals surface area contributed by atoms with Gasteiger partial charge in [0, 0.05) is 17.7 Å². The lowest BCUT2D eigenvalue weighted by atomic mass is 10.3. The maximum atomic E-state index is 11.5. The molecule has 0 rings (SSSR count). The minimum atomic E-state index is -0.667. The van der Waals surface area contributed by atoms with Gasteiger partial charge < -0.3 is 14.6 Å². The molecule has 2 atom stereocenters. The van der Waals surface area contributed by atoms with Gasteiger partial charge in [0.1, 0.15) is 0 Å². The summed E-state index contributed by atoms with van der Waals surface area (Å²) in [4.78, 5) is 24.5. The summed E-state index contributed by atoms with van der Waals surface area (Å²) in [7, 11) is 0. The van der Waals surface area contributed by atoms with Crippen LogP contribution in [0, 0.1) is 0 Å². The second-order valence-electron chi connectivity index (χ2n) is 4.53. The summed E-state index contributed by atoms with van der Waals surface area (Å²) in [6.07, 6.45) is -1.33. The van der Waals surface area contributed by atoms with Gasteiger partial charge in [-0.2, -0.15) is 0 Å². The zero-order valence-corrected chi connectivity index (χ0v) is 12.5. The Bertz CT molecular complexity index is 357. The van der Waals surface area contributed by atoms with Gasteiger partial charge in [0.2, 0.25) is 0 Å². The highest BCUT2D eigenvalue weighted by atomic mass is 16.6. The van der Waals surface area contributed by atoms with Crippen LogP contribution in [0.5, 0.6) is 0 Å². The first-order chi connectivity index (χ1) is 9.20. The number of hydrogen-bond donors (Lipinski definition) is 1. The molecule has 0 aliphatic heterocycles. The molecule has 0 aliphatic rings. The summed E-state index contributed by atoms with van der Waals surface area (Å²) in [6, 6.07) is 0. The molecule has 0 spiro atoms. The number of hydrogen-bond acceptors (Lipinski definition) is 6. The molecule has 6 heteroatoms. The average molecular weight is 285 g/mol. The molecule has 0 amide bonds. The number of carbonyl (C=O) groups is 2. The minimum Gasteiger partial charge on any atom is -0.443 e. The predicted octanol–water partition coefficient (Wildman–Crippen LogP) is 1.21. The maximum absolute atomic E-state index is 11.5. The Morgan fingerprint density at radius 2 is 1.40 bits per heavy atom. The number of rotatable bonds is 8. The number of nitrogens with zero attached hydrogens (tertiary/aromatic N) is 1. The highest BCUT2D eigenvalue weighted by molar-refractivity contribution is 5.87. The van der Waals surface area contributed by atoms with Crippen LogP contribution in [0.4, 0.5) is 0 Å². The zero-order valence-electron chi connectivity index (χ0n) is 12.5. The van der Waals surface area contributed by atoms with E-state index in [4.69, 9.17) is 14.6 Å². The normalized spacial score (nSPS) is 13.5. The molecule has 6 nitrogen and oxygen atoms in total. The number of carbonyl (C=O) groups excluding carboxylic acids is 2. The Labute approximate surface area is 119 Å². The van der Waals surface area contributed by atoms with Gasteiger partial charge in [-0.15, -0.1) is 0 Å². The van der Waals surface area contributed by atoms with E-state index in [1.807, 2.05) is 0 Å². The predicted molar refractivity (Wildman–Crippen MR) is 74.5 cm³/mol. The van der Waals surface area contributed by atoms with E-state index in [-0.39, 0.29) is 24.3 Å². The molecule has 0 aliphatic carbocycles. The van der Waals surface area contributed by atoms with Crippen LogP contribution in [0.2, 0.25) is 0 Å². The number of aliphatic hydroxyl groups excluding tert-OH is 1. The topological polar surface area (TPSA) is 76.1 Å². The van der Waals surface area contributed by atoms with Crippen LogP contribution in [0.15, 0.2) is 24.3 Å². The lowest BCUT2D eigenvalue weighted by molar-refractivity contribution is -0.176. The second-order valence-corrected chi connectivity index (χ2v) is 4.53. The quantitative estimate of drug-likeness (QED) is 0.410. The zero-order chi connectivity index (χ0) is 15.9. The molecule has 0 radical (unpaired) electrons. The van der Waals surface area contributed by atoms with Crippen molar-refractivity contribution in [2.45, 2.75) is 40.2 Å². The Kier molecular flexibility index (Phi) is 7.79. The number of aliphatic hydroxyl groups is 1. The largest absolute Gasteiger partial charge is 0.443 e. The van der Waals surface area contributed by atoms with Gasteiger partial charge in [-0.1, -0.05) is 13.2 Å². The fourth-order valence-corrected chi connectivity index (χ4v) is 1.42. The summed E-state index contributed by atoms with van der Waals surface area (Å²) >= 11 is 0. The molecular weight excluding hydrogens is 262 g/mol. The molecule has 1 N–H and O–H groups in total. The van der Waals surface area contributed by atoms with Crippen LogP contribution in [0.25, 0.3) is 0 Å². The highest BCUT2D eigenvalue weighted by Crippen LogP contribution is 2.11. The molecule has 0 aromatic rings. The van der Waals surface area contributed by atoms with E-state index in [9.17, 15) is 9.59 Å². The third-order valence-electron chi connectivity index (χ3n) is 2.54.